The Balaban J connectivity index is 1.79. The summed E-state index contributed by atoms with van der Waals surface area (Å²) in [5.41, 5.74) is 3.93. The van der Waals surface area contributed by atoms with Crippen molar-refractivity contribution >= 4 is 63.7 Å². The second-order valence-electron chi connectivity index (χ2n) is 24.9. The van der Waals surface area contributed by atoms with Crippen LogP contribution in [0, 0.1) is 0 Å². The summed E-state index contributed by atoms with van der Waals surface area (Å²) in [5.74, 6) is -3.77. The molecule has 4 aromatic carbocycles. The van der Waals surface area contributed by atoms with Crippen LogP contribution in [0.4, 0.5) is 0 Å². The lowest BCUT2D eigenvalue weighted by Crippen LogP contribution is -2.12. The average molecular weight is 1420 g/mol. The van der Waals surface area contributed by atoms with Crippen molar-refractivity contribution in [3.05, 3.63) is 86.7 Å². The Labute approximate surface area is 541 Å². The molecule has 0 aromatic heterocycles. The lowest BCUT2D eigenvalue weighted by Gasteiger charge is -2.30. The van der Waals surface area contributed by atoms with Crippen LogP contribution < -0.4 is 0 Å². The highest BCUT2D eigenvalue weighted by molar-refractivity contribution is 9.11. The zero-order chi connectivity index (χ0) is 61.0. The van der Waals surface area contributed by atoms with Crippen molar-refractivity contribution < 1.29 is 40.9 Å². The Bertz CT molecular complexity index is 2120. The van der Waals surface area contributed by atoms with Gasteiger partial charge in [-0.25, -0.2) is 0 Å². The Hall–Kier alpha value is -2.80. The van der Waals surface area contributed by atoms with Gasteiger partial charge in [0.1, 0.15) is 63.9 Å². The van der Waals surface area contributed by atoms with Gasteiger partial charge in [-0.3, -0.25) is 0 Å². The Morgan fingerprint density at radius 3 is 0.464 bits per heavy atom. The highest BCUT2D eigenvalue weighted by atomic mass is 79.9. The number of fused-ring (bicyclic) bond motifs is 8. The number of hydrogen-bond donors (Lipinski definition) is 8. The van der Waals surface area contributed by atoms with Crippen LogP contribution in [-0.2, 0) is 0 Å². The fourth-order valence-corrected chi connectivity index (χ4v) is 15.2. The van der Waals surface area contributed by atoms with Crippen LogP contribution in [0.2, 0.25) is 0 Å². The van der Waals surface area contributed by atoms with E-state index in [-0.39, 0.29) is 63.9 Å². The maximum atomic E-state index is 12.5. The number of halogens is 4. The molecule has 0 heterocycles. The van der Waals surface area contributed by atoms with Crippen molar-refractivity contribution in [2.45, 2.75) is 308 Å². The molecule has 0 spiro atoms. The largest absolute Gasteiger partial charge is 0.506 e. The number of phenols is 8. The Morgan fingerprint density at radius 1 is 0.214 bits per heavy atom. The first-order valence-electron chi connectivity index (χ1n) is 33.6. The van der Waals surface area contributed by atoms with Crippen LogP contribution in [0.15, 0.2) is 42.2 Å². The molecule has 0 saturated heterocycles. The molecule has 1 aliphatic carbocycles. The number of rotatable bonds is 40. The first-order chi connectivity index (χ1) is 40.7. The lowest BCUT2D eigenvalue weighted by molar-refractivity contribution is 0.413. The minimum atomic E-state index is -0.636. The third-order valence-corrected chi connectivity index (χ3v) is 21.5. The van der Waals surface area contributed by atoms with E-state index < -0.39 is 23.7 Å². The van der Waals surface area contributed by atoms with Crippen LogP contribution in [0.1, 0.15) is 353 Å². The van der Waals surface area contributed by atoms with Crippen molar-refractivity contribution in [1.82, 2.24) is 0 Å². The van der Waals surface area contributed by atoms with Gasteiger partial charge in [-0.2, -0.15) is 0 Å². The SMILES string of the molecule is CCCCCCCCCCCC1c2cc(c(O)c(Br)c2O)C(CCCCCCCCCCC)c2cc(c(O)c(Br)c2O)C(CCCCCCCCCCC)c2cc(c(O)c(Br)c2O)C(CCCCCCCCCCC)c2cc1c(O)c(Br)c2O. The van der Waals surface area contributed by atoms with E-state index in [1.54, 1.807) is 0 Å². The molecule has 0 aliphatic heterocycles. The van der Waals surface area contributed by atoms with Gasteiger partial charge in [0.15, 0.2) is 0 Å². The van der Waals surface area contributed by atoms with Gasteiger partial charge in [0.05, 0.1) is 0 Å². The number of hydrogen-bond acceptors (Lipinski definition) is 8. The van der Waals surface area contributed by atoms with Gasteiger partial charge in [0.25, 0.3) is 0 Å². The van der Waals surface area contributed by atoms with Gasteiger partial charge in [-0.15, -0.1) is 0 Å². The first-order valence-corrected chi connectivity index (χ1v) is 36.8. The summed E-state index contributed by atoms with van der Waals surface area (Å²) in [6, 6.07) is 7.48. The zero-order valence-electron chi connectivity index (χ0n) is 52.0. The molecule has 8 N–H and O–H groups in total. The summed E-state index contributed by atoms with van der Waals surface area (Å²) in [7, 11) is 0. The highest BCUT2D eigenvalue weighted by Crippen LogP contribution is 2.58. The standard InChI is InChI=1S/C72H108Br4O8/c1-5-9-13-17-21-25-29-33-37-41-49-53-45-55(67(79)61(73)65(53)77)50(42-38-34-30-26-22-18-14-10-6-2)57-47-59(71(83)63(75)69(57)81)52(44-40-36-32-28-24-20-16-12-8-4)60-48-58(70(82)64(76)72(60)84)51(43-39-35-31-27-23-19-15-11-7-3)56-46-54(49)66(78)62(74)68(56)80/h45-52,77-84H,5-44H2,1-4H3. The molecule has 12 heteroatoms. The van der Waals surface area contributed by atoms with Gasteiger partial charge in [0, 0.05) is 68.2 Å². The number of unbranched alkanes of at least 4 members (excludes halogenated alkanes) is 32. The topological polar surface area (TPSA) is 162 Å². The molecule has 8 bridgehead atoms. The van der Waals surface area contributed by atoms with Crippen molar-refractivity contribution in [2.24, 2.45) is 0 Å². The van der Waals surface area contributed by atoms with E-state index in [2.05, 4.69) is 91.4 Å². The number of phenolic OH excluding ortho intramolecular Hbond substituents is 8. The summed E-state index contributed by atoms with van der Waals surface area (Å²) in [6.45, 7) is 8.94. The molecule has 4 aromatic rings. The predicted molar refractivity (Wildman–Crippen MR) is 365 cm³/mol. The van der Waals surface area contributed by atoms with Gasteiger partial charge >= 0.3 is 0 Å². The molecule has 8 nitrogen and oxygen atoms in total. The van der Waals surface area contributed by atoms with Crippen molar-refractivity contribution in [3.63, 3.8) is 0 Å². The van der Waals surface area contributed by atoms with Crippen LogP contribution in [0.5, 0.6) is 46.0 Å². The van der Waals surface area contributed by atoms with Gasteiger partial charge in [0.2, 0.25) is 0 Å². The molecule has 0 saturated carbocycles. The molecule has 1 aliphatic rings. The summed E-state index contributed by atoms with van der Waals surface area (Å²) in [4.78, 5) is 0. The number of aromatic hydroxyl groups is 8. The average Bonchev–Trinajstić information content (AvgIpc) is 1.24. The quantitative estimate of drug-likeness (QED) is 0.0204. The maximum Gasteiger partial charge on any atom is 0.137 e. The van der Waals surface area contributed by atoms with Crippen LogP contribution >= 0.6 is 63.7 Å². The van der Waals surface area contributed by atoms with E-state index in [1.165, 1.54) is 128 Å². The van der Waals surface area contributed by atoms with E-state index in [4.69, 9.17) is 0 Å². The summed E-state index contributed by atoms with van der Waals surface area (Å²) >= 11 is 14.7. The molecule has 0 fully saturated rings. The smallest absolute Gasteiger partial charge is 0.137 e. The minimum Gasteiger partial charge on any atom is -0.506 e. The predicted octanol–water partition coefficient (Wildman–Crippen LogP) is 24.9. The van der Waals surface area contributed by atoms with Crippen LogP contribution in [0.3, 0.4) is 0 Å². The van der Waals surface area contributed by atoms with E-state index in [9.17, 15) is 40.9 Å². The monoisotopic (exact) mass is 1420 g/mol. The van der Waals surface area contributed by atoms with E-state index in [1.807, 2.05) is 24.3 Å². The summed E-state index contributed by atoms with van der Waals surface area (Å²) in [6.07, 6.45) is 42.0. The molecular weight excluding hydrogens is 1310 g/mol. The molecule has 0 radical (unpaired) electrons. The molecule has 472 valence electrons. The van der Waals surface area contributed by atoms with E-state index >= 15 is 0 Å². The molecular formula is C72H108Br4O8. The van der Waals surface area contributed by atoms with Crippen LogP contribution in [-0.4, -0.2) is 40.9 Å². The van der Waals surface area contributed by atoms with Crippen molar-refractivity contribution in [1.29, 1.82) is 0 Å². The third kappa shape index (κ3) is 20.6. The number of benzene rings is 4. The van der Waals surface area contributed by atoms with Gasteiger partial charge < -0.3 is 40.9 Å². The first kappa shape index (κ1) is 71.9. The molecule has 0 amide bonds. The lowest BCUT2D eigenvalue weighted by atomic mass is 9.76. The minimum absolute atomic E-state index is 0.113. The van der Waals surface area contributed by atoms with E-state index in [0.29, 0.717) is 70.2 Å². The third-order valence-electron chi connectivity index (χ3n) is 18.5. The molecule has 84 heavy (non-hydrogen) atoms. The van der Waals surface area contributed by atoms with Crippen LogP contribution in [0.25, 0.3) is 0 Å². The van der Waals surface area contributed by atoms with Gasteiger partial charge in [-0.1, -0.05) is 259 Å². The second-order valence-corrected chi connectivity index (χ2v) is 28.1. The second kappa shape index (κ2) is 39.3. The normalized spacial score (nSPS) is 16.0. The zero-order valence-corrected chi connectivity index (χ0v) is 58.3. The summed E-state index contributed by atoms with van der Waals surface area (Å²) < 4.78 is 0.450. The molecule has 0 unspecified atom stereocenters. The maximum absolute atomic E-state index is 12.5. The fraction of sp³-hybridized carbons (Fsp3) is 0.667. The van der Waals surface area contributed by atoms with Gasteiger partial charge in [-0.05, 0) is 114 Å². The van der Waals surface area contributed by atoms with Crippen molar-refractivity contribution in [2.75, 3.05) is 0 Å². The van der Waals surface area contributed by atoms with Crippen molar-refractivity contribution in [3.8, 4) is 46.0 Å². The fourth-order valence-electron chi connectivity index (χ4n) is 13.4. The van der Waals surface area contributed by atoms with E-state index in [0.717, 1.165) is 103 Å². The Kier molecular flexibility index (Phi) is 33.6. The molecule has 0 atom stereocenters. The highest BCUT2D eigenvalue weighted by Gasteiger charge is 2.36. The summed E-state index contributed by atoms with van der Waals surface area (Å²) in [5, 5.41) is 100.0. The Morgan fingerprint density at radius 2 is 0.333 bits per heavy atom. The molecule has 5 rings (SSSR count).